The third-order valence-corrected chi connectivity index (χ3v) is 3.54. The summed E-state index contributed by atoms with van der Waals surface area (Å²) in [5.74, 6) is 0. The van der Waals surface area contributed by atoms with Gasteiger partial charge in [-0.2, -0.15) is 0 Å². The molecule has 0 amide bonds. The molecule has 0 aliphatic rings. The van der Waals surface area contributed by atoms with E-state index in [1.165, 1.54) is 11.1 Å². The number of nitrogens with zero attached hydrogens (tertiary/aromatic N) is 1. The molecule has 1 N–H and O–H groups in total. The molecule has 106 valence electrons. The van der Waals surface area contributed by atoms with Gasteiger partial charge in [0, 0.05) is 13.1 Å². The van der Waals surface area contributed by atoms with Gasteiger partial charge in [-0.05, 0) is 31.5 Å². The van der Waals surface area contributed by atoms with Gasteiger partial charge in [0.05, 0.1) is 6.10 Å². The van der Waals surface area contributed by atoms with Crippen LogP contribution in [-0.4, -0.2) is 23.6 Å². The molecule has 2 rings (SSSR count). The molecule has 2 aromatic carbocycles. The molecule has 1 atom stereocenters. The van der Waals surface area contributed by atoms with Crippen molar-refractivity contribution in [2.45, 2.75) is 26.0 Å². The number of hydrogen-bond acceptors (Lipinski definition) is 2. The van der Waals surface area contributed by atoms with Crippen molar-refractivity contribution in [1.29, 1.82) is 0 Å². The van der Waals surface area contributed by atoms with Crippen molar-refractivity contribution in [3.63, 3.8) is 0 Å². The first-order valence-corrected chi connectivity index (χ1v) is 7.12. The first kappa shape index (κ1) is 14.8. The second-order valence-corrected chi connectivity index (χ2v) is 5.44. The molecule has 0 spiro atoms. The van der Waals surface area contributed by atoms with Gasteiger partial charge in [0.1, 0.15) is 0 Å². The van der Waals surface area contributed by atoms with Crippen LogP contribution in [0.4, 0.5) is 0 Å². The van der Waals surface area contributed by atoms with Crippen LogP contribution in [0.15, 0.2) is 54.6 Å². The Morgan fingerprint density at radius 2 is 1.65 bits per heavy atom. The quantitative estimate of drug-likeness (QED) is 0.867. The third kappa shape index (κ3) is 4.48. The van der Waals surface area contributed by atoms with Crippen LogP contribution in [0.5, 0.6) is 0 Å². The molecule has 2 aromatic rings. The van der Waals surface area contributed by atoms with Gasteiger partial charge in [-0.15, -0.1) is 0 Å². The van der Waals surface area contributed by atoms with Gasteiger partial charge in [0.15, 0.2) is 0 Å². The minimum absolute atomic E-state index is 0.381. The fourth-order valence-corrected chi connectivity index (χ4v) is 2.27. The van der Waals surface area contributed by atoms with E-state index in [1.807, 2.05) is 30.3 Å². The van der Waals surface area contributed by atoms with Gasteiger partial charge in [-0.1, -0.05) is 60.2 Å². The van der Waals surface area contributed by atoms with Crippen molar-refractivity contribution in [1.82, 2.24) is 4.90 Å². The van der Waals surface area contributed by atoms with Crippen LogP contribution in [0.1, 0.15) is 29.2 Å². The molecule has 0 aromatic heterocycles. The van der Waals surface area contributed by atoms with Crippen molar-refractivity contribution < 1.29 is 5.11 Å². The van der Waals surface area contributed by atoms with E-state index in [2.05, 4.69) is 43.1 Å². The molecule has 0 aliphatic heterocycles. The molecular formula is C18H23NO. The standard InChI is InChI=1S/C18H23NO/c1-15-8-10-17(11-9-15)18(20)12-13-19(2)14-16-6-4-3-5-7-16/h3-11,18,20H,12-14H2,1-2H3. The number of aliphatic hydroxyl groups is 1. The smallest absolute Gasteiger partial charge is 0.0802 e. The SMILES string of the molecule is Cc1ccc(C(O)CCN(C)Cc2ccccc2)cc1. The minimum Gasteiger partial charge on any atom is -0.388 e. The fraction of sp³-hybridized carbons (Fsp3) is 0.333. The molecule has 0 bridgehead atoms. The molecule has 0 saturated heterocycles. The Hall–Kier alpha value is -1.64. The highest BCUT2D eigenvalue weighted by atomic mass is 16.3. The molecule has 0 aliphatic carbocycles. The molecule has 0 saturated carbocycles. The van der Waals surface area contributed by atoms with Crippen molar-refractivity contribution in [2.75, 3.05) is 13.6 Å². The van der Waals surface area contributed by atoms with Gasteiger partial charge in [-0.3, -0.25) is 0 Å². The summed E-state index contributed by atoms with van der Waals surface area (Å²) < 4.78 is 0. The first-order valence-electron chi connectivity index (χ1n) is 7.12. The van der Waals surface area contributed by atoms with Crippen molar-refractivity contribution in [2.24, 2.45) is 0 Å². The van der Waals surface area contributed by atoms with Crippen molar-refractivity contribution in [3.05, 3.63) is 71.3 Å². The second-order valence-electron chi connectivity index (χ2n) is 5.44. The fourth-order valence-electron chi connectivity index (χ4n) is 2.27. The van der Waals surface area contributed by atoms with Crippen LogP contribution in [0.3, 0.4) is 0 Å². The molecule has 0 radical (unpaired) electrons. The van der Waals surface area contributed by atoms with E-state index in [4.69, 9.17) is 0 Å². The highest BCUT2D eigenvalue weighted by Gasteiger charge is 2.09. The Kier molecular flexibility index (Phi) is 5.33. The van der Waals surface area contributed by atoms with Crippen LogP contribution in [0, 0.1) is 6.92 Å². The van der Waals surface area contributed by atoms with Crippen LogP contribution in [0.25, 0.3) is 0 Å². The van der Waals surface area contributed by atoms with Gasteiger partial charge in [-0.25, -0.2) is 0 Å². The first-order chi connectivity index (χ1) is 9.65. The maximum atomic E-state index is 10.2. The Morgan fingerprint density at radius 3 is 2.30 bits per heavy atom. The lowest BCUT2D eigenvalue weighted by Crippen LogP contribution is -2.20. The van der Waals surface area contributed by atoms with E-state index in [0.717, 1.165) is 25.1 Å². The zero-order chi connectivity index (χ0) is 14.4. The monoisotopic (exact) mass is 269 g/mol. The number of aliphatic hydroxyl groups excluding tert-OH is 1. The largest absolute Gasteiger partial charge is 0.388 e. The Bertz CT molecular complexity index is 507. The van der Waals surface area contributed by atoms with E-state index < -0.39 is 0 Å². The topological polar surface area (TPSA) is 23.5 Å². The summed E-state index contributed by atoms with van der Waals surface area (Å²) in [5.41, 5.74) is 3.53. The van der Waals surface area contributed by atoms with Crippen LogP contribution >= 0.6 is 0 Å². The highest BCUT2D eigenvalue weighted by Crippen LogP contribution is 2.17. The average molecular weight is 269 g/mol. The van der Waals surface area contributed by atoms with E-state index in [-0.39, 0.29) is 6.10 Å². The summed E-state index contributed by atoms with van der Waals surface area (Å²) in [5, 5.41) is 10.2. The maximum Gasteiger partial charge on any atom is 0.0802 e. The molecule has 0 fully saturated rings. The number of hydrogen-bond donors (Lipinski definition) is 1. The van der Waals surface area contributed by atoms with Gasteiger partial charge in [0.25, 0.3) is 0 Å². The van der Waals surface area contributed by atoms with Gasteiger partial charge >= 0.3 is 0 Å². The van der Waals surface area contributed by atoms with Gasteiger partial charge < -0.3 is 10.0 Å². The van der Waals surface area contributed by atoms with Crippen molar-refractivity contribution in [3.8, 4) is 0 Å². The van der Waals surface area contributed by atoms with Gasteiger partial charge in [0.2, 0.25) is 0 Å². The van der Waals surface area contributed by atoms with Crippen LogP contribution in [0.2, 0.25) is 0 Å². The molecular weight excluding hydrogens is 246 g/mol. The number of benzene rings is 2. The van der Waals surface area contributed by atoms with E-state index in [1.54, 1.807) is 0 Å². The summed E-state index contributed by atoms with van der Waals surface area (Å²) in [6, 6.07) is 18.5. The Balaban J connectivity index is 1.81. The molecule has 2 nitrogen and oxygen atoms in total. The lowest BCUT2D eigenvalue weighted by molar-refractivity contribution is 0.147. The van der Waals surface area contributed by atoms with Crippen molar-refractivity contribution >= 4 is 0 Å². The summed E-state index contributed by atoms with van der Waals surface area (Å²) in [7, 11) is 2.09. The summed E-state index contributed by atoms with van der Waals surface area (Å²) >= 11 is 0. The maximum absolute atomic E-state index is 10.2. The third-order valence-electron chi connectivity index (χ3n) is 3.54. The Labute approximate surface area is 121 Å². The van der Waals surface area contributed by atoms with Crippen LogP contribution in [-0.2, 0) is 6.54 Å². The predicted molar refractivity (Wildman–Crippen MR) is 83.5 cm³/mol. The minimum atomic E-state index is -0.381. The zero-order valence-corrected chi connectivity index (χ0v) is 12.3. The summed E-state index contributed by atoms with van der Waals surface area (Å²) in [6.07, 6.45) is 0.376. The zero-order valence-electron chi connectivity index (χ0n) is 12.3. The molecule has 0 heterocycles. The highest BCUT2D eigenvalue weighted by molar-refractivity contribution is 5.23. The Morgan fingerprint density at radius 1 is 1.00 bits per heavy atom. The number of aryl methyl sites for hydroxylation is 1. The number of rotatable bonds is 6. The lowest BCUT2D eigenvalue weighted by Gasteiger charge is -2.19. The van der Waals surface area contributed by atoms with E-state index in [0.29, 0.717) is 0 Å². The summed E-state index contributed by atoms with van der Waals surface area (Å²) in [4.78, 5) is 2.24. The average Bonchev–Trinajstić information content (AvgIpc) is 2.46. The molecule has 20 heavy (non-hydrogen) atoms. The predicted octanol–water partition coefficient (Wildman–Crippen LogP) is 3.55. The molecule has 1 unspecified atom stereocenters. The second kappa shape index (κ2) is 7.22. The summed E-state index contributed by atoms with van der Waals surface area (Å²) in [6.45, 7) is 3.86. The molecule has 2 heteroatoms. The van der Waals surface area contributed by atoms with E-state index >= 15 is 0 Å². The lowest BCUT2D eigenvalue weighted by atomic mass is 10.0. The normalized spacial score (nSPS) is 12.6. The van der Waals surface area contributed by atoms with E-state index in [9.17, 15) is 5.11 Å². The van der Waals surface area contributed by atoms with Crippen LogP contribution < -0.4 is 0 Å².